The van der Waals surface area contributed by atoms with E-state index in [0.29, 0.717) is 30.8 Å². The first-order chi connectivity index (χ1) is 13.6. The SMILES string of the molecule is Cc1cccc(CC(=O)NCCc2csc3nc(-c4cccc(F)c4)nn23)c1. The first-order valence-electron chi connectivity index (χ1n) is 9.00. The Morgan fingerprint density at radius 1 is 1.21 bits per heavy atom. The molecule has 2 aromatic carbocycles. The first kappa shape index (κ1) is 18.3. The van der Waals surface area contributed by atoms with Gasteiger partial charge in [-0.1, -0.05) is 42.0 Å². The standard InChI is InChI=1S/C21H19FN4OS/c1-14-4-2-5-15(10-14)11-19(27)23-9-8-18-13-28-21-24-20(25-26(18)21)16-6-3-7-17(22)12-16/h2-7,10,12-13H,8-9,11H2,1H3,(H,23,27). The van der Waals surface area contributed by atoms with Crippen LogP contribution in [0.15, 0.2) is 53.9 Å². The van der Waals surface area contributed by atoms with Crippen molar-refractivity contribution >= 4 is 22.2 Å². The third-order valence-electron chi connectivity index (χ3n) is 4.38. The molecule has 1 N–H and O–H groups in total. The van der Waals surface area contributed by atoms with Gasteiger partial charge in [-0.2, -0.15) is 4.98 Å². The van der Waals surface area contributed by atoms with E-state index in [1.165, 1.54) is 23.5 Å². The van der Waals surface area contributed by atoms with Crippen molar-refractivity contribution in [3.05, 3.63) is 76.5 Å². The third-order valence-corrected chi connectivity index (χ3v) is 5.25. The number of fused-ring (bicyclic) bond motifs is 1. The zero-order valence-electron chi connectivity index (χ0n) is 15.4. The molecule has 5 nitrogen and oxygen atoms in total. The van der Waals surface area contributed by atoms with Crippen LogP contribution in [0.5, 0.6) is 0 Å². The number of nitrogens with zero attached hydrogens (tertiary/aromatic N) is 3. The summed E-state index contributed by atoms with van der Waals surface area (Å²) in [5.41, 5.74) is 3.76. The van der Waals surface area contributed by atoms with Gasteiger partial charge in [0.15, 0.2) is 5.82 Å². The summed E-state index contributed by atoms with van der Waals surface area (Å²) in [6.45, 7) is 2.53. The maximum Gasteiger partial charge on any atom is 0.224 e. The molecule has 0 aliphatic carbocycles. The number of benzene rings is 2. The van der Waals surface area contributed by atoms with Crippen molar-refractivity contribution in [3.63, 3.8) is 0 Å². The van der Waals surface area contributed by atoms with Crippen LogP contribution >= 0.6 is 11.3 Å². The Morgan fingerprint density at radius 3 is 2.89 bits per heavy atom. The molecule has 0 spiro atoms. The zero-order chi connectivity index (χ0) is 19.5. The molecule has 28 heavy (non-hydrogen) atoms. The van der Waals surface area contributed by atoms with E-state index >= 15 is 0 Å². The fraction of sp³-hybridized carbons (Fsp3) is 0.190. The van der Waals surface area contributed by atoms with E-state index < -0.39 is 0 Å². The van der Waals surface area contributed by atoms with Gasteiger partial charge in [-0.25, -0.2) is 8.91 Å². The highest BCUT2D eigenvalue weighted by molar-refractivity contribution is 7.15. The second-order valence-electron chi connectivity index (χ2n) is 6.63. The van der Waals surface area contributed by atoms with Crippen LogP contribution in [0.4, 0.5) is 4.39 Å². The molecule has 4 aromatic rings. The molecule has 0 bridgehead atoms. The molecule has 0 saturated carbocycles. The molecule has 0 radical (unpaired) electrons. The zero-order valence-corrected chi connectivity index (χ0v) is 16.2. The predicted molar refractivity (Wildman–Crippen MR) is 108 cm³/mol. The molecule has 7 heteroatoms. The minimum atomic E-state index is -0.313. The van der Waals surface area contributed by atoms with Crippen LogP contribution in [0.1, 0.15) is 16.8 Å². The number of nitrogens with one attached hydrogen (secondary N) is 1. The van der Waals surface area contributed by atoms with Crippen LogP contribution in [-0.2, 0) is 17.6 Å². The quantitative estimate of drug-likeness (QED) is 0.541. The Morgan fingerprint density at radius 2 is 2.07 bits per heavy atom. The van der Waals surface area contributed by atoms with Crippen molar-refractivity contribution in [3.8, 4) is 11.4 Å². The molecular formula is C21H19FN4OS. The number of hydrogen-bond acceptors (Lipinski definition) is 4. The summed E-state index contributed by atoms with van der Waals surface area (Å²) in [6, 6.07) is 14.2. The number of amides is 1. The molecule has 0 aliphatic heterocycles. The van der Waals surface area contributed by atoms with Gasteiger partial charge in [-0.05, 0) is 24.6 Å². The maximum atomic E-state index is 13.4. The molecule has 1 amide bonds. The lowest BCUT2D eigenvalue weighted by molar-refractivity contribution is -0.120. The molecule has 0 atom stereocenters. The molecule has 142 valence electrons. The van der Waals surface area contributed by atoms with Crippen molar-refractivity contribution in [2.24, 2.45) is 0 Å². The highest BCUT2D eigenvalue weighted by Gasteiger charge is 2.12. The number of carbonyl (C=O) groups excluding carboxylic acids is 1. The number of carbonyl (C=O) groups is 1. The molecule has 0 saturated heterocycles. The summed E-state index contributed by atoms with van der Waals surface area (Å²) >= 11 is 1.48. The van der Waals surface area contributed by atoms with E-state index in [2.05, 4.69) is 15.4 Å². The van der Waals surface area contributed by atoms with Crippen molar-refractivity contribution in [1.82, 2.24) is 19.9 Å². The Hall–Kier alpha value is -3.06. The normalized spacial score (nSPS) is 11.1. The van der Waals surface area contributed by atoms with Crippen LogP contribution in [-0.4, -0.2) is 27.0 Å². The smallest absolute Gasteiger partial charge is 0.224 e. The monoisotopic (exact) mass is 394 g/mol. The molecular weight excluding hydrogens is 375 g/mol. The van der Waals surface area contributed by atoms with E-state index in [4.69, 9.17) is 0 Å². The van der Waals surface area contributed by atoms with Crippen LogP contribution < -0.4 is 5.32 Å². The van der Waals surface area contributed by atoms with Gasteiger partial charge in [0.1, 0.15) is 5.82 Å². The minimum Gasteiger partial charge on any atom is -0.355 e. The summed E-state index contributed by atoms with van der Waals surface area (Å²) in [6.07, 6.45) is 1.01. The highest BCUT2D eigenvalue weighted by atomic mass is 32.1. The summed E-state index contributed by atoms with van der Waals surface area (Å²) in [5, 5.41) is 9.43. The van der Waals surface area contributed by atoms with Gasteiger partial charge in [0.05, 0.1) is 12.1 Å². The highest BCUT2D eigenvalue weighted by Crippen LogP contribution is 2.21. The lowest BCUT2D eigenvalue weighted by atomic mass is 10.1. The van der Waals surface area contributed by atoms with E-state index in [1.807, 2.05) is 36.6 Å². The van der Waals surface area contributed by atoms with Gasteiger partial charge < -0.3 is 5.32 Å². The lowest BCUT2D eigenvalue weighted by Crippen LogP contribution is -2.27. The largest absolute Gasteiger partial charge is 0.355 e. The van der Waals surface area contributed by atoms with Gasteiger partial charge in [0, 0.05) is 23.9 Å². The van der Waals surface area contributed by atoms with E-state index in [1.54, 1.807) is 16.6 Å². The third kappa shape index (κ3) is 4.09. The second kappa shape index (κ2) is 7.90. The molecule has 4 rings (SSSR count). The van der Waals surface area contributed by atoms with Gasteiger partial charge in [0.25, 0.3) is 0 Å². The topological polar surface area (TPSA) is 59.3 Å². The van der Waals surface area contributed by atoms with Crippen LogP contribution in [0.25, 0.3) is 16.3 Å². The Balaban J connectivity index is 1.39. The number of thiazole rings is 1. The van der Waals surface area contributed by atoms with Gasteiger partial charge in [-0.3, -0.25) is 4.79 Å². The lowest BCUT2D eigenvalue weighted by Gasteiger charge is -2.05. The average Bonchev–Trinajstić information content (AvgIpc) is 3.23. The summed E-state index contributed by atoms with van der Waals surface area (Å²) in [4.78, 5) is 17.4. The number of aryl methyl sites for hydroxylation is 1. The molecule has 2 heterocycles. The average molecular weight is 394 g/mol. The molecule has 0 aliphatic rings. The fourth-order valence-electron chi connectivity index (χ4n) is 3.05. The first-order valence-corrected chi connectivity index (χ1v) is 9.88. The molecule has 2 aromatic heterocycles. The number of rotatable bonds is 6. The number of halogens is 1. The Kier molecular flexibility index (Phi) is 5.16. The van der Waals surface area contributed by atoms with Crippen molar-refractivity contribution in [1.29, 1.82) is 0 Å². The van der Waals surface area contributed by atoms with Crippen molar-refractivity contribution in [2.45, 2.75) is 19.8 Å². The van der Waals surface area contributed by atoms with Crippen molar-refractivity contribution in [2.75, 3.05) is 6.54 Å². The Bertz CT molecular complexity index is 1130. The molecule has 0 fully saturated rings. The van der Waals surface area contributed by atoms with E-state index in [9.17, 15) is 9.18 Å². The summed E-state index contributed by atoms with van der Waals surface area (Å²) in [7, 11) is 0. The van der Waals surface area contributed by atoms with Gasteiger partial charge in [0.2, 0.25) is 10.9 Å². The number of hydrogen-bond donors (Lipinski definition) is 1. The second-order valence-corrected chi connectivity index (χ2v) is 7.47. The Labute approximate surface area is 165 Å². The van der Waals surface area contributed by atoms with Crippen LogP contribution in [0.3, 0.4) is 0 Å². The van der Waals surface area contributed by atoms with E-state index in [0.717, 1.165) is 21.8 Å². The van der Waals surface area contributed by atoms with Gasteiger partial charge in [-0.15, -0.1) is 16.4 Å². The summed E-state index contributed by atoms with van der Waals surface area (Å²) in [5.74, 6) is 0.180. The van der Waals surface area contributed by atoms with Crippen LogP contribution in [0, 0.1) is 12.7 Å². The minimum absolute atomic E-state index is 0.00360. The number of aromatic nitrogens is 3. The fourth-order valence-corrected chi connectivity index (χ4v) is 3.90. The maximum absolute atomic E-state index is 13.4. The summed E-state index contributed by atoms with van der Waals surface area (Å²) < 4.78 is 15.2. The van der Waals surface area contributed by atoms with Gasteiger partial charge >= 0.3 is 0 Å². The van der Waals surface area contributed by atoms with Crippen LogP contribution in [0.2, 0.25) is 0 Å². The predicted octanol–water partition coefficient (Wildman–Crippen LogP) is 3.81. The van der Waals surface area contributed by atoms with E-state index in [-0.39, 0.29) is 11.7 Å². The van der Waals surface area contributed by atoms with Crippen molar-refractivity contribution < 1.29 is 9.18 Å². The molecule has 0 unspecified atom stereocenters.